The van der Waals surface area contributed by atoms with Gasteiger partial charge in [0.2, 0.25) is 0 Å². The summed E-state index contributed by atoms with van der Waals surface area (Å²) >= 11 is 0. The van der Waals surface area contributed by atoms with Gasteiger partial charge in [-0.05, 0) is 6.07 Å². The van der Waals surface area contributed by atoms with E-state index in [0.717, 1.165) is 0 Å². The predicted octanol–water partition coefficient (Wildman–Crippen LogP) is -0.634. The van der Waals surface area contributed by atoms with Gasteiger partial charge in [0.1, 0.15) is 5.82 Å². The lowest BCUT2D eigenvalue weighted by Gasteiger charge is -1.93. The van der Waals surface area contributed by atoms with Crippen molar-refractivity contribution in [3.8, 4) is 0 Å². The first-order chi connectivity index (χ1) is 3.72. The largest absolute Gasteiger partial charge is 0.396 e. The summed E-state index contributed by atoms with van der Waals surface area (Å²) in [5, 5.41) is 0. The van der Waals surface area contributed by atoms with Crippen LogP contribution in [0.1, 0.15) is 0 Å². The van der Waals surface area contributed by atoms with Gasteiger partial charge in [0.15, 0.2) is 0 Å². The molecule has 6 N–H and O–H groups in total. The van der Waals surface area contributed by atoms with Crippen LogP contribution in [0, 0.1) is 0 Å². The molecule has 0 aliphatic rings. The second kappa shape index (κ2) is 1.33. The molecule has 1 heterocycles. The highest BCUT2D eigenvalue weighted by Crippen LogP contribution is 2.10. The van der Waals surface area contributed by atoms with Crippen molar-refractivity contribution < 1.29 is 0 Å². The second-order valence-electron chi connectivity index (χ2n) is 1.56. The number of hydrogen-bond acceptors (Lipinski definition) is 3. The van der Waals surface area contributed by atoms with Crippen LogP contribution in [0.15, 0.2) is 12.3 Å². The zero-order valence-corrected chi connectivity index (χ0v) is 4.33. The Morgan fingerprint density at radius 2 is 2.00 bits per heavy atom. The van der Waals surface area contributed by atoms with Gasteiger partial charge in [-0.2, -0.15) is 0 Å². The van der Waals surface area contributed by atoms with Crippen molar-refractivity contribution in [2.45, 2.75) is 0 Å². The second-order valence-corrected chi connectivity index (χ2v) is 1.56. The monoisotopic (exact) mass is 112 g/mol. The van der Waals surface area contributed by atoms with Crippen LogP contribution in [0.4, 0.5) is 11.5 Å². The van der Waals surface area contributed by atoms with E-state index in [-0.39, 0.29) is 0 Å². The minimum atomic E-state index is 0.407. The minimum absolute atomic E-state index is 0.407. The van der Waals surface area contributed by atoms with Gasteiger partial charge < -0.3 is 17.3 Å². The smallest absolute Gasteiger partial charge is 0.145 e. The van der Waals surface area contributed by atoms with E-state index in [1.807, 2.05) is 0 Å². The lowest BCUT2D eigenvalue weighted by Crippen LogP contribution is -2.10. The van der Waals surface area contributed by atoms with Crippen LogP contribution >= 0.6 is 0 Å². The number of nitrogens with two attached hydrogens (primary N) is 3. The van der Waals surface area contributed by atoms with E-state index in [1.165, 1.54) is 4.68 Å². The van der Waals surface area contributed by atoms with Crippen molar-refractivity contribution in [3.63, 3.8) is 0 Å². The molecule has 0 atom stereocenters. The van der Waals surface area contributed by atoms with E-state index >= 15 is 0 Å². The van der Waals surface area contributed by atoms with Crippen LogP contribution < -0.4 is 17.3 Å². The number of nitrogen functional groups attached to an aromatic ring is 3. The Morgan fingerprint density at radius 3 is 2.12 bits per heavy atom. The molecule has 0 fully saturated rings. The van der Waals surface area contributed by atoms with E-state index in [9.17, 15) is 0 Å². The van der Waals surface area contributed by atoms with Crippen LogP contribution in [0.5, 0.6) is 0 Å². The van der Waals surface area contributed by atoms with Crippen molar-refractivity contribution in [1.29, 1.82) is 0 Å². The van der Waals surface area contributed by atoms with Gasteiger partial charge in [0, 0.05) is 6.20 Å². The molecule has 1 aromatic rings. The van der Waals surface area contributed by atoms with E-state index in [4.69, 9.17) is 17.3 Å². The third-order valence-electron chi connectivity index (χ3n) is 0.989. The molecule has 4 heteroatoms. The first-order valence-electron chi connectivity index (χ1n) is 2.19. The number of aromatic nitrogens is 1. The fourth-order valence-electron chi connectivity index (χ4n) is 0.475. The lowest BCUT2D eigenvalue weighted by atomic mass is 10.5. The maximum atomic E-state index is 5.31. The van der Waals surface area contributed by atoms with Crippen LogP contribution in [-0.2, 0) is 0 Å². The summed E-state index contributed by atoms with van der Waals surface area (Å²) in [6.45, 7) is 0. The van der Waals surface area contributed by atoms with Gasteiger partial charge >= 0.3 is 0 Å². The molecule has 0 spiro atoms. The number of rotatable bonds is 0. The predicted molar refractivity (Wildman–Crippen MR) is 33.4 cm³/mol. The molecule has 0 radical (unpaired) electrons. The van der Waals surface area contributed by atoms with E-state index in [1.54, 1.807) is 12.3 Å². The molecule has 0 aromatic carbocycles. The molecule has 0 unspecified atom stereocenters. The van der Waals surface area contributed by atoms with Gasteiger partial charge in [-0.25, -0.2) is 0 Å². The fraction of sp³-hybridized carbons (Fsp3) is 0. The van der Waals surface area contributed by atoms with Crippen LogP contribution in [-0.4, -0.2) is 4.68 Å². The zero-order valence-electron chi connectivity index (χ0n) is 4.33. The molecule has 0 aliphatic carbocycles. The lowest BCUT2D eigenvalue weighted by molar-refractivity contribution is 1.03. The third-order valence-corrected chi connectivity index (χ3v) is 0.989. The normalized spacial score (nSPS) is 9.50. The van der Waals surface area contributed by atoms with Crippen LogP contribution in [0.25, 0.3) is 0 Å². The maximum Gasteiger partial charge on any atom is 0.145 e. The molecule has 1 aromatic heterocycles. The molecule has 4 nitrogen and oxygen atoms in total. The molecule has 0 aliphatic heterocycles. The highest BCUT2D eigenvalue weighted by molar-refractivity contribution is 5.59. The molecular formula is C4H8N4. The topological polar surface area (TPSA) is 83.0 Å². The standard InChI is InChI=1S/C4H8N4/c5-3-1-2-8(7)4(3)6/h1-2H,5-7H2. The summed E-state index contributed by atoms with van der Waals surface area (Å²) in [5.74, 6) is 5.66. The van der Waals surface area contributed by atoms with Gasteiger partial charge in [0.05, 0.1) is 5.69 Å². The summed E-state index contributed by atoms with van der Waals surface area (Å²) in [6, 6.07) is 1.65. The SMILES string of the molecule is Nc1ccn(N)c1N. The van der Waals surface area contributed by atoms with E-state index in [0.29, 0.717) is 11.5 Å². The first kappa shape index (κ1) is 4.83. The van der Waals surface area contributed by atoms with Crippen molar-refractivity contribution in [3.05, 3.63) is 12.3 Å². The zero-order chi connectivity index (χ0) is 6.15. The Labute approximate surface area is 46.8 Å². The Morgan fingerprint density at radius 1 is 1.38 bits per heavy atom. The Balaban J connectivity index is 3.19. The fourth-order valence-corrected chi connectivity index (χ4v) is 0.475. The molecule has 0 saturated carbocycles. The van der Waals surface area contributed by atoms with Gasteiger partial charge in [-0.1, -0.05) is 0 Å². The highest BCUT2D eigenvalue weighted by Gasteiger charge is 1.94. The Bertz CT molecular complexity index is 170. The maximum absolute atomic E-state index is 5.31. The number of hydrogen-bond donors (Lipinski definition) is 3. The third kappa shape index (κ3) is 0.465. The summed E-state index contributed by atoms with van der Waals surface area (Å²) in [5.41, 5.74) is 11.2. The van der Waals surface area contributed by atoms with Crippen molar-refractivity contribution in [1.82, 2.24) is 4.68 Å². The molecule has 0 bridgehead atoms. The summed E-state index contributed by atoms with van der Waals surface area (Å²) in [7, 11) is 0. The van der Waals surface area contributed by atoms with Gasteiger partial charge in [-0.3, -0.25) is 4.68 Å². The van der Waals surface area contributed by atoms with Crippen molar-refractivity contribution in [2.75, 3.05) is 17.3 Å². The van der Waals surface area contributed by atoms with Gasteiger partial charge in [0.25, 0.3) is 0 Å². The quantitative estimate of drug-likeness (QED) is 0.390. The first-order valence-corrected chi connectivity index (χ1v) is 2.19. The highest BCUT2D eigenvalue weighted by atomic mass is 15.3. The molecule has 8 heavy (non-hydrogen) atoms. The summed E-state index contributed by atoms with van der Waals surface area (Å²) in [4.78, 5) is 0. The average Bonchev–Trinajstić information content (AvgIpc) is 1.98. The molecule has 0 amide bonds. The van der Waals surface area contributed by atoms with Gasteiger partial charge in [-0.15, -0.1) is 0 Å². The van der Waals surface area contributed by atoms with E-state index < -0.39 is 0 Å². The summed E-state index contributed by atoms with van der Waals surface area (Å²) in [6.07, 6.45) is 1.60. The summed E-state index contributed by atoms with van der Waals surface area (Å²) < 4.78 is 1.27. The molecular weight excluding hydrogens is 104 g/mol. The van der Waals surface area contributed by atoms with E-state index in [2.05, 4.69) is 0 Å². The van der Waals surface area contributed by atoms with Crippen LogP contribution in [0.3, 0.4) is 0 Å². The molecule has 44 valence electrons. The number of nitrogens with zero attached hydrogens (tertiary/aromatic N) is 1. The molecule has 0 saturated heterocycles. The average molecular weight is 112 g/mol. The van der Waals surface area contributed by atoms with Crippen LogP contribution in [0.2, 0.25) is 0 Å². The molecule has 1 rings (SSSR count). The minimum Gasteiger partial charge on any atom is -0.396 e. The van der Waals surface area contributed by atoms with Crippen molar-refractivity contribution in [2.24, 2.45) is 0 Å². The van der Waals surface area contributed by atoms with Crippen molar-refractivity contribution >= 4 is 11.5 Å². The Hall–Kier alpha value is -1.32. The Kier molecular flexibility index (Phi) is 0.802. The number of anilines is 2.